The third kappa shape index (κ3) is 4.95. The third-order valence-electron chi connectivity index (χ3n) is 3.85. The lowest BCUT2D eigenvalue weighted by Gasteiger charge is -2.12. The molecule has 9 heteroatoms. The van der Waals surface area contributed by atoms with E-state index < -0.39 is 0 Å². The number of aromatic nitrogens is 4. The van der Waals surface area contributed by atoms with Gasteiger partial charge in [0.25, 0.3) is 0 Å². The molecule has 0 fully saturated rings. The van der Waals surface area contributed by atoms with Gasteiger partial charge in [-0.3, -0.25) is 14.3 Å². The van der Waals surface area contributed by atoms with Crippen molar-refractivity contribution >= 4 is 17.7 Å². The molecule has 0 radical (unpaired) electrons. The normalized spacial score (nSPS) is 12.1. The zero-order valence-electron chi connectivity index (χ0n) is 15.2. The van der Waals surface area contributed by atoms with E-state index in [1.807, 2.05) is 29.7 Å². The van der Waals surface area contributed by atoms with Gasteiger partial charge in [-0.15, -0.1) is 10.2 Å². The predicted molar refractivity (Wildman–Crippen MR) is 101 cm³/mol. The number of nitrogens with one attached hydrogen (secondary N) is 1. The van der Waals surface area contributed by atoms with Crippen LogP contribution in [0.4, 0.5) is 0 Å². The summed E-state index contributed by atoms with van der Waals surface area (Å²) in [6, 6.07) is 7.19. The first-order valence-electron chi connectivity index (χ1n) is 8.47. The number of hydrogen-bond donors (Lipinski definition) is 1. The van der Waals surface area contributed by atoms with E-state index in [4.69, 9.17) is 9.15 Å². The van der Waals surface area contributed by atoms with Crippen molar-refractivity contribution in [3.8, 4) is 11.4 Å². The molecule has 0 saturated heterocycles. The van der Waals surface area contributed by atoms with E-state index in [0.29, 0.717) is 18.3 Å². The fourth-order valence-electron chi connectivity index (χ4n) is 2.52. The number of nitrogens with zero attached hydrogens (tertiary/aromatic N) is 4. The number of furan rings is 1. The van der Waals surface area contributed by atoms with Gasteiger partial charge in [-0.05, 0) is 31.2 Å². The first-order valence-corrected chi connectivity index (χ1v) is 9.45. The van der Waals surface area contributed by atoms with Gasteiger partial charge in [0.05, 0.1) is 31.2 Å². The third-order valence-corrected chi connectivity index (χ3v) is 4.82. The van der Waals surface area contributed by atoms with Gasteiger partial charge in [-0.2, -0.15) is 0 Å². The van der Waals surface area contributed by atoms with Crippen LogP contribution in [-0.2, 0) is 16.1 Å². The molecule has 0 aliphatic rings. The maximum absolute atomic E-state index is 12.3. The Morgan fingerprint density at radius 1 is 1.33 bits per heavy atom. The van der Waals surface area contributed by atoms with Gasteiger partial charge >= 0.3 is 0 Å². The molecule has 0 saturated carbocycles. The Hall–Kier alpha value is -2.65. The molecule has 0 aliphatic carbocycles. The standard InChI is InChI=1S/C18H21N5O3S/c1-13(15-4-3-10-26-15)20-16(24)12-27-18-22-21-17(23(18)9-11-25-2)14-5-7-19-8-6-14/h3-8,10,13H,9,11-12H2,1-2H3,(H,20,24). The van der Waals surface area contributed by atoms with Crippen LogP contribution in [0, 0.1) is 0 Å². The second-order valence-electron chi connectivity index (χ2n) is 5.78. The van der Waals surface area contributed by atoms with E-state index in [1.54, 1.807) is 31.8 Å². The summed E-state index contributed by atoms with van der Waals surface area (Å²) in [6.07, 6.45) is 5.01. The minimum absolute atomic E-state index is 0.101. The molecule has 142 valence electrons. The highest BCUT2D eigenvalue weighted by atomic mass is 32.2. The van der Waals surface area contributed by atoms with Crippen LogP contribution >= 0.6 is 11.8 Å². The highest BCUT2D eigenvalue weighted by Crippen LogP contribution is 2.23. The first-order chi connectivity index (χ1) is 13.2. The molecular formula is C18H21N5O3S. The van der Waals surface area contributed by atoms with Gasteiger partial charge in [0.15, 0.2) is 11.0 Å². The van der Waals surface area contributed by atoms with Crippen LogP contribution in [0.5, 0.6) is 0 Å². The molecular weight excluding hydrogens is 366 g/mol. The van der Waals surface area contributed by atoms with E-state index in [-0.39, 0.29) is 17.7 Å². The van der Waals surface area contributed by atoms with E-state index in [2.05, 4.69) is 20.5 Å². The largest absolute Gasteiger partial charge is 0.467 e. The Balaban J connectivity index is 1.67. The van der Waals surface area contributed by atoms with E-state index >= 15 is 0 Å². The molecule has 0 aromatic carbocycles. The number of methoxy groups -OCH3 is 1. The van der Waals surface area contributed by atoms with Crippen molar-refractivity contribution in [3.05, 3.63) is 48.7 Å². The lowest BCUT2D eigenvalue weighted by atomic mass is 10.2. The molecule has 1 N–H and O–H groups in total. The van der Waals surface area contributed by atoms with Gasteiger partial charge in [0, 0.05) is 25.1 Å². The Bertz CT molecular complexity index is 851. The second kappa shape index (κ2) is 9.33. The number of rotatable bonds is 9. The van der Waals surface area contributed by atoms with Crippen molar-refractivity contribution in [1.29, 1.82) is 0 Å². The quantitative estimate of drug-likeness (QED) is 0.564. The monoisotopic (exact) mass is 387 g/mol. The van der Waals surface area contributed by atoms with Crippen molar-refractivity contribution in [3.63, 3.8) is 0 Å². The van der Waals surface area contributed by atoms with Crippen molar-refractivity contribution in [2.75, 3.05) is 19.5 Å². The smallest absolute Gasteiger partial charge is 0.231 e. The lowest BCUT2D eigenvalue weighted by Crippen LogP contribution is -2.28. The second-order valence-corrected chi connectivity index (χ2v) is 6.72. The molecule has 3 aromatic heterocycles. The fraction of sp³-hybridized carbons (Fsp3) is 0.333. The van der Waals surface area contributed by atoms with Gasteiger partial charge in [-0.1, -0.05) is 11.8 Å². The van der Waals surface area contributed by atoms with Crippen LogP contribution in [-0.4, -0.2) is 45.1 Å². The molecule has 27 heavy (non-hydrogen) atoms. The van der Waals surface area contributed by atoms with Gasteiger partial charge < -0.3 is 14.5 Å². The summed E-state index contributed by atoms with van der Waals surface area (Å²) in [4.78, 5) is 16.3. The first kappa shape index (κ1) is 19.1. The summed E-state index contributed by atoms with van der Waals surface area (Å²) in [6.45, 7) is 2.99. The Morgan fingerprint density at radius 3 is 2.85 bits per heavy atom. The number of carbonyl (C=O) groups excluding carboxylic acids is 1. The molecule has 0 spiro atoms. The molecule has 3 aromatic rings. The van der Waals surface area contributed by atoms with Crippen molar-refractivity contribution in [1.82, 2.24) is 25.1 Å². The van der Waals surface area contributed by atoms with Gasteiger partial charge in [0.1, 0.15) is 5.76 Å². The van der Waals surface area contributed by atoms with Crippen LogP contribution in [0.2, 0.25) is 0 Å². The zero-order chi connectivity index (χ0) is 19.1. The number of thioether (sulfide) groups is 1. The van der Waals surface area contributed by atoms with Crippen LogP contribution in [0.1, 0.15) is 18.7 Å². The van der Waals surface area contributed by atoms with Crippen molar-refractivity contribution < 1.29 is 13.9 Å². The minimum atomic E-state index is -0.188. The Morgan fingerprint density at radius 2 is 2.15 bits per heavy atom. The highest BCUT2D eigenvalue weighted by Gasteiger charge is 2.17. The highest BCUT2D eigenvalue weighted by molar-refractivity contribution is 7.99. The number of hydrogen-bond acceptors (Lipinski definition) is 7. The summed E-state index contributed by atoms with van der Waals surface area (Å²) in [7, 11) is 1.65. The molecule has 1 amide bonds. The summed E-state index contributed by atoms with van der Waals surface area (Å²) >= 11 is 1.34. The van der Waals surface area contributed by atoms with Crippen LogP contribution in [0.3, 0.4) is 0 Å². The molecule has 0 aliphatic heterocycles. The van der Waals surface area contributed by atoms with Gasteiger partial charge in [-0.25, -0.2) is 0 Å². The fourth-order valence-corrected chi connectivity index (χ4v) is 3.29. The topological polar surface area (TPSA) is 95.1 Å². The van der Waals surface area contributed by atoms with Crippen molar-refractivity contribution in [2.24, 2.45) is 0 Å². The molecule has 3 rings (SSSR count). The number of carbonyl (C=O) groups is 1. The summed E-state index contributed by atoms with van der Waals surface area (Å²) in [5.74, 6) is 1.57. The average Bonchev–Trinajstić information content (AvgIpc) is 3.35. The number of pyridine rings is 1. The molecule has 3 heterocycles. The number of amides is 1. The summed E-state index contributed by atoms with van der Waals surface area (Å²) < 4.78 is 12.5. The predicted octanol–water partition coefficient (Wildman–Crippen LogP) is 2.55. The maximum Gasteiger partial charge on any atom is 0.231 e. The van der Waals surface area contributed by atoms with Gasteiger partial charge in [0.2, 0.25) is 5.91 Å². The van der Waals surface area contributed by atoms with Crippen LogP contribution < -0.4 is 5.32 Å². The average molecular weight is 387 g/mol. The Labute approximate surface area is 161 Å². The van der Waals surface area contributed by atoms with Crippen LogP contribution in [0.25, 0.3) is 11.4 Å². The Kier molecular flexibility index (Phi) is 6.61. The minimum Gasteiger partial charge on any atom is -0.467 e. The van der Waals surface area contributed by atoms with Crippen molar-refractivity contribution in [2.45, 2.75) is 24.7 Å². The maximum atomic E-state index is 12.3. The molecule has 8 nitrogen and oxygen atoms in total. The van der Waals surface area contributed by atoms with E-state index in [9.17, 15) is 4.79 Å². The molecule has 0 bridgehead atoms. The van der Waals surface area contributed by atoms with E-state index in [0.717, 1.165) is 17.1 Å². The van der Waals surface area contributed by atoms with E-state index in [1.165, 1.54) is 11.8 Å². The summed E-state index contributed by atoms with van der Waals surface area (Å²) in [5, 5.41) is 12.1. The summed E-state index contributed by atoms with van der Waals surface area (Å²) in [5.41, 5.74) is 0.913. The SMILES string of the molecule is COCCn1c(SCC(=O)NC(C)c2ccco2)nnc1-c1ccncc1. The zero-order valence-corrected chi connectivity index (χ0v) is 16.0. The molecule has 1 atom stereocenters. The van der Waals surface area contributed by atoms with Crippen LogP contribution in [0.15, 0.2) is 52.5 Å². The number of ether oxygens (including phenoxy) is 1. The molecule has 1 unspecified atom stereocenters. The lowest BCUT2D eigenvalue weighted by molar-refractivity contribution is -0.119.